The van der Waals surface area contributed by atoms with E-state index in [1.165, 1.54) is 25.7 Å². The van der Waals surface area contributed by atoms with Crippen LogP contribution in [0.3, 0.4) is 0 Å². The van der Waals surface area contributed by atoms with Gasteiger partial charge >= 0.3 is 0 Å². The van der Waals surface area contributed by atoms with Crippen molar-refractivity contribution in [1.82, 2.24) is 4.90 Å². The predicted octanol–water partition coefficient (Wildman–Crippen LogP) is 4.26. The molecule has 1 fully saturated rings. The summed E-state index contributed by atoms with van der Waals surface area (Å²) in [5, 5.41) is 1.52. The number of rotatable bonds is 4. The highest BCUT2D eigenvalue weighted by molar-refractivity contribution is 6.36. The predicted molar refractivity (Wildman–Crippen MR) is 82.9 cm³/mol. The molecular weight excluding hydrogens is 279 g/mol. The van der Waals surface area contributed by atoms with Gasteiger partial charge in [-0.05, 0) is 51.0 Å². The van der Waals surface area contributed by atoms with E-state index in [9.17, 15) is 0 Å². The molecule has 4 heteroatoms. The van der Waals surface area contributed by atoms with Gasteiger partial charge < -0.3 is 5.73 Å². The Kier molecular flexibility index (Phi) is 5.96. The van der Waals surface area contributed by atoms with Crippen molar-refractivity contribution in [3.63, 3.8) is 0 Å². The molecule has 0 radical (unpaired) electrons. The zero-order valence-electron chi connectivity index (χ0n) is 11.2. The highest BCUT2D eigenvalue weighted by Gasteiger charge is 2.24. The smallest absolute Gasteiger partial charge is 0.0468 e. The van der Waals surface area contributed by atoms with E-state index in [2.05, 4.69) is 4.90 Å². The summed E-state index contributed by atoms with van der Waals surface area (Å²) < 4.78 is 0. The molecule has 0 spiro atoms. The first-order valence-electron chi connectivity index (χ1n) is 7.12. The Morgan fingerprint density at radius 2 is 1.63 bits per heavy atom. The van der Waals surface area contributed by atoms with Crippen LogP contribution in [0.25, 0.3) is 0 Å². The van der Waals surface area contributed by atoms with Crippen LogP contribution < -0.4 is 5.73 Å². The second-order valence-electron chi connectivity index (χ2n) is 5.18. The van der Waals surface area contributed by atoms with Gasteiger partial charge in [-0.15, -0.1) is 0 Å². The van der Waals surface area contributed by atoms with Crippen molar-refractivity contribution in [2.45, 2.75) is 38.1 Å². The van der Waals surface area contributed by atoms with Crippen molar-refractivity contribution in [3.05, 3.63) is 33.8 Å². The lowest BCUT2D eigenvalue weighted by molar-refractivity contribution is 0.197. The van der Waals surface area contributed by atoms with Gasteiger partial charge in [0.25, 0.3) is 0 Å². The lowest BCUT2D eigenvalue weighted by atomic mass is 10.0. The van der Waals surface area contributed by atoms with E-state index in [1.54, 1.807) is 0 Å². The Morgan fingerprint density at radius 1 is 1.05 bits per heavy atom. The van der Waals surface area contributed by atoms with Gasteiger partial charge in [0.05, 0.1) is 0 Å². The number of nitrogens with zero attached hydrogens (tertiary/aromatic N) is 1. The summed E-state index contributed by atoms with van der Waals surface area (Å²) in [4.78, 5) is 2.51. The van der Waals surface area contributed by atoms with E-state index in [0.717, 1.165) is 35.1 Å². The maximum atomic E-state index is 6.37. The molecule has 1 aliphatic rings. The summed E-state index contributed by atoms with van der Waals surface area (Å²) in [5.74, 6) is 0. The SMILES string of the molecule is NCCC(c1c(Cl)cccc1Cl)N1CCCCCC1. The Hall–Kier alpha value is -0.280. The van der Waals surface area contributed by atoms with Gasteiger partial charge in [-0.2, -0.15) is 0 Å². The first-order valence-corrected chi connectivity index (χ1v) is 7.87. The molecule has 2 N–H and O–H groups in total. The van der Waals surface area contributed by atoms with Crippen LogP contribution in [0.2, 0.25) is 10.0 Å². The summed E-state index contributed by atoms with van der Waals surface area (Å²) in [5.41, 5.74) is 6.85. The van der Waals surface area contributed by atoms with Gasteiger partial charge in [-0.1, -0.05) is 42.1 Å². The average molecular weight is 301 g/mol. The van der Waals surface area contributed by atoms with Crippen molar-refractivity contribution < 1.29 is 0 Å². The Balaban J connectivity index is 2.27. The number of hydrogen-bond donors (Lipinski definition) is 1. The minimum atomic E-state index is 0.254. The fourth-order valence-corrected chi connectivity index (χ4v) is 3.55. The van der Waals surface area contributed by atoms with Crippen LogP contribution in [-0.4, -0.2) is 24.5 Å². The summed E-state index contributed by atoms with van der Waals surface area (Å²) in [7, 11) is 0. The molecule has 1 aromatic rings. The molecule has 0 aromatic heterocycles. The third-order valence-electron chi connectivity index (χ3n) is 3.85. The Bertz CT molecular complexity index is 381. The van der Waals surface area contributed by atoms with Crippen molar-refractivity contribution in [2.24, 2.45) is 5.73 Å². The Labute approximate surface area is 125 Å². The normalized spacial score (nSPS) is 19.1. The third kappa shape index (κ3) is 3.85. The maximum Gasteiger partial charge on any atom is 0.0468 e. The van der Waals surface area contributed by atoms with Gasteiger partial charge in [0.2, 0.25) is 0 Å². The van der Waals surface area contributed by atoms with E-state index >= 15 is 0 Å². The molecule has 0 bridgehead atoms. The van der Waals surface area contributed by atoms with Crippen molar-refractivity contribution in [3.8, 4) is 0 Å². The van der Waals surface area contributed by atoms with Crippen LogP contribution in [0.15, 0.2) is 18.2 Å². The summed E-state index contributed by atoms with van der Waals surface area (Å²) >= 11 is 12.7. The molecule has 0 aliphatic carbocycles. The number of hydrogen-bond acceptors (Lipinski definition) is 2. The van der Waals surface area contributed by atoms with Crippen LogP contribution in [0.5, 0.6) is 0 Å². The highest BCUT2D eigenvalue weighted by Crippen LogP contribution is 2.36. The molecule has 1 aliphatic heterocycles. The fourth-order valence-electron chi connectivity index (χ4n) is 2.90. The molecule has 1 atom stereocenters. The summed E-state index contributed by atoms with van der Waals surface area (Å²) in [6.07, 6.45) is 6.06. The molecule has 1 aromatic carbocycles. The first kappa shape index (κ1) is 15.1. The van der Waals surface area contributed by atoms with Crippen LogP contribution >= 0.6 is 23.2 Å². The molecule has 19 heavy (non-hydrogen) atoms. The number of benzene rings is 1. The summed E-state index contributed by atoms with van der Waals surface area (Å²) in [6.45, 7) is 2.89. The number of nitrogens with two attached hydrogens (primary N) is 1. The fraction of sp³-hybridized carbons (Fsp3) is 0.600. The largest absolute Gasteiger partial charge is 0.330 e. The third-order valence-corrected chi connectivity index (χ3v) is 4.51. The summed E-state index contributed by atoms with van der Waals surface area (Å²) in [6, 6.07) is 5.99. The molecule has 2 rings (SSSR count). The second kappa shape index (κ2) is 7.49. The van der Waals surface area contributed by atoms with E-state index in [4.69, 9.17) is 28.9 Å². The first-order chi connectivity index (χ1) is 9.24. The van der Waals surface area contributed by atoms with E-state index in [1.807, 2.05) is 18.2 Å². The van der Waals surface area contributed by atoms with Crippen LogP contribution in [-0.2, 0) is 0 Å². The van der Waals surface area contributed by atoms with Crippen molar-refractivity contribution in [2.75, 3.05) is 19.6 Å². The molecule has 0 amide bonds. The minimum absolute atomic E-state index is 0.254. The van der Waals surface area contributed by atoms with Gasteiger partial charge in [0, 0.05) is 21.7 Å². The standard InChI is InChI=1S/C15H22Cl2N2/c16-12-6-5-7-13(17)15(12)14(8-9-18)19-10-3-1-2-4-11-19/h5-7,14H,1-4,8-11,18H2. The molecule has 1 unspecified atom stereocenters. The molecule has 1 heterocycles. The lowest BCUT2D eigenvalue weighted by Crippen LogP contribution is -2.31. The lowest BCUT2D eigenvalue weighted by Gasteiger charge is -2.32. The van der Waals surface area contributed by atoms with Gasteiger partial charge in [-0.25, -0.2) is 0 Å². The Morgan fingerprint density at radius 3 is 2.16 bits per heavy atom. The van der Waals surface area contributed by atoms with Gasteiger partial charge in [-0.3, -0.25) is 4.90 Å². The zero-order valence-corrected chi connectivity index (χ0v) is 12.8. The molecule has 0 saturated carbocycles. The van der Waals surface area contributed by atoms with E-state index in [-0.39, 0.29) is 6.04 Å². The number of halogens is 2. The van der Waals surface area contributed by atoms with E-state index in [0.29, 0.717) is 6.54 Å². The van der Waals surface area contributed by atoms with Gasteiger partial charge in [0.15, 0.2) is 0 Å². The molecular formula is C15H22Cl2N2. The minimum Gasteiger partial charge on any atom is -0.330 e. The maximum absolute atomic E-state index is 6.37. The van der Waals surface area contributed by atoms with Crippen molar-refractivity contribution >= 4 is 23.2 Å². The average Bonchev–Trinajstić information content (AvgIpc) is 2.66. The van der Waals surface area contributed by atoms with Crippen LogP contribution in [0.1, 0.15) is 43.7 Å². The second-order valence-corrected chi connectivity index (χ2v) is 5.99. The monoisotopic (exact) mass is 300 g/mol. The molecule has 1 saturated heterocycles. The number of likely N-dealkylation sites (tertiary alicyclic amines) is 1. The van der Waals surface area contributed by atoms with Crippen LogP contribution in [0.4, 0.5) is 0 Å². The van der Waals surface area contributed by atoms with Crippen LogP contribution in [0, 0.1) is 0 Å². The molecule has 106 valence electrons. The zero-order chi connectivity index (χ0) is 13.7. The highest BCUT2D eigenvalue weighted by atomic mass is 35.5. The van der Waals surface area contributed by atoms with Crippen molar-refractivity contribution in [1.29, 1.82) is 0 Å². The van der Waals surface area contributed by atoms with E-state index < -0.39 is 0 Å². The molecule has 2 nitrogen and oxygen atoms in total. The topological polar surface area (TPSA) is 29.3 Å². The van der Waals surface area contributed by atoms with Gasteiger partial charge in [0.1, 0.15) is 0 Å². The quantitative estimate of drug-likeness (QED) is 0.900.